The van der Waals surface area contributed by atoms with Crippen LogP contribution in [-0.4, -0.2) is 50.0 Å². The SMILES string of the molecule is Nc1nc2c(c(=O)[nH]1)CC(CCc1ccc(C(=O)NC(CCC(=O)O)C(=O)O)cc1)C(=O)N2. The van der Waals surface area contributed by atoms with Crippen LogP contribution in [0, 0.1) is 5.92 Å². The topological polar surface area (TPSA) is 205 Å². The standard InChI is InChI=1S/C21H23N5O7/c22-21-25-16-13(19(31)26-21)9-12(18(30)24-16)6-3-10-1-4-11(5-2-10)17(29)23-14(20(32)33)7-8-15(27)28/h1-2,4-5,12,14H,3,6-9H2,(H,23,29)(H,27,28)(H,32,33)(H4,22,24,25,26,30,31). The van der Waals surface area contributed by atoms with Gasteiger partial charge in [0.05, 0.1) is 5.56 Å². The molecule has 3 rings (SSSR count). The van der Waals surface area contributed by atoms with Gasteiger partial charge in [-0.15, -0.1) is 0 Å². The summed E-state index contributed by atoms with van der Waals surface area (Å²) in [7, 11) is 0. The number of anilines is 2. The molecule has 1 aromatic carbocycles. The van der Waals surface area contributed by atoms with Crippen LogP contribution in [0.5, 0.6) is 0 Å². The Bertz CT molecular complexity index is 1140. The van der Waals surface area contributed by atoms with E-state index in [1.165, 1.54) is 12.1 Å². The highest BCUT2D eigenvalue weighted by atomic mass is 16.4. The molecule has 0 saturated heterocycles. The van der Waals surface area contributed by atoms with Gasteiger partial charge in [0.1, 0.15) is 11.9 Å². The van der Waals surface area contributed by atoms with E-state index < -0.39 is 29.8 Å². The van der Waals surface area contributed by atoms with E-state index in [0.29, 0.717) is 18.4 Å². The Balaban J connectivity index is 1.59. The van der Waals surface area contributed by atoms with Crippen LogP contribution in [0.2, 0.25) is 0 Å². The van der Waals surface area contributed by atoms with Gasteiger partial charge in [0.25, 0.3) is 11.5 Å². The third-order valence-electron chi connectivity index (χ3n) is 5.34. The minimum atomic E-state index is -1.31. The third-order valence-corrected chi connectivity index (χ3v) is 5.34. The summed E-state index contributed by atoms with van der Waals surface area (Å²) in [6.45, 7) is 0. The number of hydrogen-bond acceptors (Lipinski definition) is 7. The maximum absolute atomic E-state index is 12.4. The number of benzene rings is 1. The van der Waals surface area contributed by atoms with E-state index in [1.54, 1.807) is 12.1 Å². The number of aromatic nitrogens is 2. The Morgan fingerprint density at radius 3 is 2.52 bits per heavy atom. The highest BCUT2D eigenvalue weighted by Gasteiger charge is 2.29. The number of rotatable bonds is 9. The van der Waals surface area contributed by atoms with E-state index in [-0.39, 0.29) is 48.1 Å². The smallest absolute Gasteiger partial charge is 0.326 e. The van der Waals surface area contributed by atoms with Gasteiger partial charge in [-0.25, -0.2) is 4.79 Å². The molecule has 1 aromatic heterocycles. The quantitative estimate of drug-likeness (QED) is 0.302. The number of nitrogens with one attached hydrogen (secondary N) is 3. The van der Waals surface area contributed by atoms with Gasteiger partial charge in [0, 0.05) is 17.9 Å². The maximum Gasteiger partial charge on any atom is 0.326 e. The minimum Gasteiger partial charge on any atom is -0.481 e. The molecule has 1 aliphatic rings. The van der Waals surface area contributed by atoms with Gasteiger partial charge < -0.3 is 26.6 Å². The van der Waals surface area contributed by atoms with Crippen LogP contribution < -0.4 is 21.9 Å². The predicted octanol–water partition coefficient (Wildman–Crippen LogP) is 0.144. The molecule has 0 saturated carbocycles. The average Bonchev–Trinajstić information content (AvgIpc) is 2.75. The zero-order valence-corrected chi connectivity index (χ0v) is 17.5. The van der Waals surface area contributed by atoms with Gasteiger partial charge >= 0.3 is 11.9 Å². The molecule has 12 nitrogen and oxygen atoms in total. The van der Waals surface area contributed by atoms with Gasteiger partial charge in [-0.1, -0.05) is 12.1 Å². The van der Waals surface area contributed by atoms with E-state index in [1.807, 2.05) is 0 Å². The first-order valence-corrected chi connectivity index (χ1v) is 10.2. The van der Waals surface area contributed by atoms with E-state index in [2.05, 4.69) is 20.6 Å². The number of aliphatic carboxylic acids is 2. The Hall–Kier alpha value is -4.22. The molecular formula is C21H23N5O7. The summed E-state index contributed by atoms with van der Waals surface area (Å²) in [5.74, 6) is -3.68. The highest BCUT2D eigenvalue weighted by Crippen LogP contribution is 2.24. The number of carboxylic acids is 2. The first kappa shape index (κ1) is 23.4. The molecule has 0 fully saturated rings. The second-order valence-corrected chi connectivity index (χ2v) is 7.70. The average molecular weight is 457 g/mol. The van der Waals surface area contributed by atoms with Crippen LogP contribution in [0.1, 0.15) is 40.7 Å². The lowest BCUT2D eigenvalue weighted by Crippen LogP contribution is -2.41. The first-order chi connectivity index (χ1) is 15.6. The van der Waals surface area contributed by atoms with Crippen molar-refractivity contribution in [1.82, 2.24) is 15.3 Å². The van der Waals surface area contributed by atoms with E-state index in [9.17, 15) is 24.0 Å². The van der Waals surface area contributed by atoms with Crippen LogP contribution in [0.15, 0.2) is 29.1 Å². The fourth-order valence-electron chi connectivity index (χ4n) is 3.53. The lowest BCUT2D eigenvalue weighted by molar-refractivity contribution is -0.140. The molecule has 1 aliphatic heterocycles. The van der Waals surface area contributed by atoms with Crippen molar-refractivity contribution in [2.45, 2.75) is 38.1 Å². The number of aromatic amines is 1. The zero-order chi connectivity index (χ0) is 24.1. The summed E-state index contributed by atoms with van der Waals surface area (Å²) >= 11 is 0. The van der Waals surface area contributed by atoms with Gasteiger partial charge in [-0.3, -0.25) is 24.2 Å². The molecule has 0 spiro atoms. The van der Waals surface area contributed by atoms with Crippen molar-refractivity contribution in [3.8, 4) is 0 Å². The summed E-state index contributed by atoms with van der Waals surface area (Å²) in [6, 6.07) is 5.11. The van der Waals surface area contributed by atoms with E-state index in [0.717, 1.165) is 5.56 Å². The van der Waals surface area contributed by atoms with Crippen molar-refractivity contribution >= 4 is 35.5 Å². The Morgan fingerprint density at radius 2 is 1.88 bits per heavy atom. The predicted molar refractivity (Wildman–Crippen MR) is 116 cm³/mol. The van der Waals surface area contributed by atoms with Crippen LogP contribution in [-0.2, 0) is 27.2 Å². The molecule has 0 aliphatic carbocycles. The second-order valence-electron chi connectivity index (χ2n) is 7.70. The van der Waals surface area contributed by atoms with Gasteiger partial charge in [0.2, 0.25) is 11.9 Å². The second kappa shape index (κ2) is 9.94. The van der Waals surface area contributed by atoms with Crippen molar-refractivity contribution in [2.75, 3.05) is 11.1 Å². The van der Waals surface area contributed by atoms with Crippen LogP contribution in [0.4, 0.5) is 11.8 Å². The number of aryl methyl sites for hydroxylation is 1. The molecule has 33 heavy (non-hydrogen) atoms. The summed E-state index contributed by atoms with van der Waals surface area (Å²) in [6.07, 6.45) is 0.580. The summed E-state index contributed by atoms with van der Waals surface area (Å²) in [4.78, 5) is 65.0. The number of nitrogens with zero attached hydrogens (tertiary/aromatic N) is 1. The third kappa shape index (κ3) is 5.93. The Kier molecular flexibility index (Phi) is 7.06. The summed E-state index contributed by atoms with van der Waals surface area (Å²) < 4.78 is 0. The molecule has 2 heterocycles. The number of carbonyl (C=O) groups excluding carboxylic acids is 2. The number of nitrogen functional groups attached to an aromatic ring is 1. The molecule has 12 heteroatoms. The molecule has 2 aromatic rings. The molecule has 0 bridgehead atoms. The Morgan fingerprint density at radius 1 is 1.18 bits per heavy atom. The summed E-state index contributed by atoms with van der Waals surface area (Å²) in [5, 5.41) is 22.8. The maximum atomic E-state index is 12.4. The highest BCUT2D eigenvalue weighted by molar-refractivity contribution is 5.97. The lowest BCUT2D eigenvalue weighted by Gasteiger charge is -2.23. The number of nitrogens with two attached hydrogens (primary N) is 1. The van der Waals surface area contributed by atoms with Crippen molar-refractivity contribution in [3.05, 3.63) is 51.3 Å². The monoisotopic (exact) mass is 457 g/mol. The van der Waals surface area contributed by atoms with Crippen molar-refractivity contribution in [1.29, 1.82) is 0 Å². The van der Waals surface area contributed by atoms with Crippen LogP contribution >= 0.6 is 0 Å². The normalized spacial score (nSPS) is 15.8. The molecule has 2 atom stereocenters. The lowest BCUT2D eigenvalue weighted by atomic mass is 9.90. The molecule has 2 amide bonds. The molecule has 2 unspecified atom stereocenters. The molecule has 0 radical (unpaired) electrons. The fourth-order valence-corrected chi connectivity index (χ4v) is 3.53. The van der Waals surface area contributed by atoms with Crippen molar-refractivity contribution in [2.24, 2.45) is 5.92 Å². The molecule has 174 valence electrons. The molecular weight excluding hydrogens is 434 g/mol. The Labute approximate surface area is 187 Å². The number of amides is 2. The minimum absolute atomic E-state index is 0.0711. The number of H-pyrrole nitrogens is 1. The number of carbonyl (C=O) groups is 4. The number of carboxylic acid groups (broad SMARTS) is 2. The van der Waals surface area contributed by atoms with E-state index >= 15 is 0 Å². The van der Waals surface area contributed by atoms with Gasteiger partial charge in [0.15, 0.2) is 0 Å². The van der Waals surface area contributed by atoms with Gasteiger partial charge in [-0.2, -0.15) is 4.98 Å². The van der Waals surface area contributed by atoms with Crippen molar-refractivity contribution in [3.63, 3.8) is 0 Å². The van der Waals surface area contributed by atoms with Crippen LogP contribution in [0.3, 0.4) is 0 Å². The first-order valence-electron chi connectivity index (χ1n) is 10.2. The van der Waals surface area contributed by atoms with Crippen LogP contribution in [0.25, 0.3) is 0 Å². The fraction of sp³-hybridized carbons (Fsp3) is 0.333. The largest absolute Gasteiger partial charge is 0.481 e. The zero-order valence-electron chi connectivity index (χ0n) is 17.5. The van der Waals surface area contributed by atoms with E-state index in [4.69, 9.17) is 15.9 Å². The van der Waals surface area contributed by atoms with Gasteiger partial charge in [-0.05, 0) is 43.4 Å². The number of fused-ring (bicyclic) bond motifs is 1. The summed E-state index contributed by atoms with van der Waals surface area (Å²) in [5.41, 5.74) is 6.55. The number of hydrogen-bond donors (Lipinski definition) is 6. The van der Waals surface area contributed by atoms with Crippen molar-refractivity contribution < 1.29 is 29.4 Å². The molecule has 7 N–H and O–H groups in total.